The van der Waals surface area contributed by atoms with Gasteiger partial charge in [-0.2, -0.15) is 0 Å². The Labute approximate surface area is 120 Å². The minimum absolute atomic E-state index is 0.201. The predicted octanol–water partition coefficient (Wildman–Crippen LogP) is 2.61. The number of urea groups is 1. The molecule has 112 valence electrons. The van der Waals surface area contributed by atoms with Crippen molar-refractivity contribution in [2.45, 2.75) is 39.8 Å². The third-order valence-electron chi connectivity index (χ3n) is 2.79. The quantitative estimate of drug-likeness (QED) is 0.891. The highest BCUT2D eigenvalue weighted by Crippen LogP contribution is 2.31. The molecule has 20 heavy (non-hydrogen) atoms. The fourth-order valence-corrected chi connectivity index (χ4v) is 1.93. The Hall–Kier alpha value is -1.91. The van der Waals surface area contributed by atoms with E-state index in [1.807, 2.05) is 39.8 Å². The molecule has 0 spiro atoms. The average Bonchev–Trinajstić information content (AvgIpc) is 2.34. The van der Waals surface area contributed by atoms with Crippen LogP contribution in [0.2, 0.25) is 0 Å². The standard InChI is InChI=1S/C15H24N2O3/c1-10-12(19-5)8-7-11(13(10)20-6)9-16-14(18)17-15(2,3)4/h7-8H,9H2,1-6H3,(H2,16,17,18). The van der Waals surface area contributed by atoms with Gasteiger partial charge in [0.15, 0.2) is 0 Å². The van der Waals surface area contributed by atoms with Gasteiger partial charge in [-0.3, -0.25) is 0 Å². The number of ether oxygens (including phenoxy) is 2. The largest absolute Gasteiger partial charge is 0.496 e. The second-order valence-corrected chi connectivity index (χ2v) is 5.64. The fraction of sp³-hybridized carbons (Fsp3) is 0.533. The van der Waals surface area contributed by atoms with Crippen molar-refractivity contribution in [3.8, 4) is 11.5 Å². The molecule has 0 bridgehead atoms. The van der Waals surface area contributed by atoms with Crippen molar-refractivity contribution in [1.29, 1.82) is 0 Å². The van der Waals surface area contributed by atoms with Gasteiger partial charge in [-0.25, -0.2) is 4.79 Å². The normalized spacial score (nSPS) is 10.9. The summed E-state index contributed by atoms with van der Waals surface area (Å²) >= 11 is 0. The number of carbonyl (C=O) groups is 1. The zero-order valence-electron chi connectivity index (χ0n) is 13.1. The molecule has 1 aromatic carbocycles. The molecule has 5 nitrogen and oxygen atoms in total. The van der Waals surface area contributed by atoms with Crippen molar-refractivity contribution >= 4 is 6.03 Å². The lowest BCUT2D eigenvalue weighted by Gasteiger charge is -2.21. The van der Waals surface area contributed by atoms with Gasteiger partial charge in [0.25, 0.3) is 0 Å². The van der Waals surface area contributed by atoms with Crippen LogP contribution in [0.1, 0.15) is 31.9 Å². The van der Waals surface area contributed by atoms with E-state index in [-0.39, 0.29) is 11.6 Å². The molecule has 2 amide bonds. The molecule has 1 aromatic rings. The smallest absolute Gasteiger partial charge is 0.315 e. The molecule has 0 aromatic heterocycles. The van der Waals surface area contributed by atoms with Crippen molar-refractivity contribution in [3.05, 3.63) is 23.3 Å². The summed E-state index contributed by atoms with van der Waals surface area (Å²) in [6, 6.07) is 3.56. The van der Waals surface area contributed by atoms with Crippen molar-refractivity contribution < 1.29 is 14.3 Å². The first-order valence-corrected chi connectivity index (χ1v) is 6.55. The maximum Gasteiger partial charge on any atom is 0.315 e. The second kappa shape index (κ2) is 6.50. The van der Waals surface area contributed by atoms with Gasteiger partial charge in [0.1, 0.15) is 11.5 Å². The molecular formula is C15H24N2O3. The topological polar surface area (TPSA) is 59.6 Å². The number of hydrogen-bond acceptors (Lipinski definition) is 3. The molecule has 1 rings (SSSR count). The van der Waals surface area contributed by atoms with Crippen LogP contribution in [-0.4, -0.2) is 25.8 Å². The second-order valence-electron chi connectivity index (χ2n) is 5.64. The van der Waals surface area contributed by atoms with Crippen LogP contribution < -0.4 is 20.1 Å². The van der Waals surface area contributed by atoms with E-state index < -0.39 is 0 Å². The minimum atomic E-state index is -0.260. The molecule has 0 fully saturated rings. The van der Waals surface area contributed by atoms with Gasteiger partial charge in [0, 0.05) is 23.2 Å². The molecule has 0 aliphatic rings. The van der Waals surface area contributed by atoms with E-state index >= 15 is 0 Å². The van der Waals surface area contributed by atoms with Gasteiger partial charge in [0.2, 0.25) is 0 Å². The number of methoxy groups -OCH3 is 2. The average molecular weight is 280 g/mol. The van der Waals surface area contributed by atoms with Gasteiger partial charge in [-0.05, 0) is 39.8 Å². The highest BCUT2D eigenvalue weighted by atomic mass is 16.5. The number of carbonyl (C=O) groups excluding carboxylic acids is 1. The van der Waals surface area contributed by atoms with Crippen LogP contribution in [0.3, 0.4) is 0 Å². The summed E-state index contributed by atoms with van der Waals surface area (Å²) in [5.41, 5.74) is 1.57. The SMILES string of the molecule is COc1ccc(CNC(=O)NC(C)(C)C)c(OC)c1C. The van der Waals surface area contributed by atoms with Crippen molar-refractivity contribution in [1.82, 2.24) is 10.6 Å². The van der Waals surface area contributed by atoms with Gasteiger partial charge < -0.3 is 20.1 Å². The molecule has 0 atom stereocenters. The molecule has 0 aliphatic heterocycles. The monoisotopic (exact) mass is 280 g/mol. The summed E-state index contributed by atoms with van der Waals surface area (Å²) in [4.78, 5) is 11.8. The Morgan fingerprint density at radius 3 is 2.35 bits per heavy atom. The summed E-state index contributed by atoms with van der Waals surface area (Å²) in [7, 11) is 3.23. The third-order valence-corrected chi connectivity index (χ3v) is 2.79. The Balaban J connectivity index is 2.78. The summed E-state index contributed by atoms with van der Waals surface area (Å²) in [5.74, 6) is 1.50. The number of rotatable bonds is 4. The molecule has 0 saturated carbocycles. The van der Waals surface area contributed by atoms with Crippen molar-refractivity contribution in [3.63, 3.8) is 0 Å². The lowest BCUT2D eigenvalue weighted by Crippen LogP contribution is -2.46. The number of nitrogens with one attached hydrogen (secondary N) is 2. The lowest BCUT2D eigenvalue weighted by molar-refractivity contribution is 0.231. The zero-order valence-corrected chi connectivity index (χ0v) is 13.1. The van der Waals surface area contributed by atoms with Crippen molar-refractivity contribution in [2.75, 3.05) is 14.2 Å². The van der Waals surface area contributed by atoms with Gasteiger partial charge in [0.05, 0.1) is 14.2 Å². The number of amides is 2. The van der Waals surface area contributed by atoms with E-state index in [2.05, 4.69) is 10.6 Å². The Bertz CT molecular complexity index is 479. The van der Waals surface area contributed by atoms with E-state index in [1.54, 1.807) is 14.2 Å². The van der Waals surface area contributed by atoms with Crippen LogP contribution in [0.4, 0.5) is 4.79 Å². The zero-order chi connectivity index (χ0) is 15.3. The molecule has 0 heterocycles. The minimum Gasteiger partial charge on any atom is -0.496 e. The highest BCUT2D eigenvalue weighted by molar-refractivity contribution is 5.74. The molecule has 0 unspecified atom stereocenters. The van der Waals surface area contributed by atoms with Crippen LogP contribution in [0.25, 0.3) is 0 Å². The van der Waals surface area contributed by atoms with E-state index in [1.165, 1.54) is 0 Å². The molecule has 5 heteroatoms. The van der Waals surface area contributed by atoms with Crippen LogP contribution >= 0.6 is 0 Å². The first-order valence-electron chi connectivity index (χ1n) is 6.55. The van der Waals surface area contributed by atoms with Gasteiger partial charge >= 0.3 is 6.03 Å². The van der Waals surface area contributed by atoms with Gasteiger partial charge in [-0.15, -0.1) is 0 Å². The number of hydrogen-bond donors (Lipinski definition) is 2. The fourth-order valence-electron chi connectivity index (χ4n) is 1.93. The Kier molecular flexibility index (Phi) is 5.25. The maximum atomic E-state index is 11.8. The molecular weight excluding hydrogens is 256 g/mol. The Morgan fingerprint density at radius 2 is 1.85 bits per heavy atom. The van der Waals surface area contributed by atoms with Crippen LogP contribution in [-0.2, 0) is 6.54 Å². The summed E-state index contributed by atoms with van der Waals surface area (Å²) in [6.45, 7) is 8.13. The summed E-state index contributed by atoms with van der Waals surface area (Å²) in [5, 5.41) is 5.67. The van der Waals surface area contributed by atoms with E-state index in [4.69, 9.17) is 9.47 Å². The van der Waals surface area contributed by atoms with Crippen LogP contribution in [0.15, 0.2) is 12.1 Å². The third kappa shape index (κ3) is 4.33. The van der Waals surface area contributed by atoms with E-state index in [0.717, 1.165) is 22.6 Å². The maximum absolute atomic E-state index is 11.8. The first-order chi connectivity index (χ1) is 9.28. The molecule has 2 N–H and O–H groups in total. The lowest BCUT2D eigenvalue weighted by atomic mass is 10.1. The highest BCUT2D eigenvalue weighted by Gasteiger charge is 2.15. The summed E-state index contributed by atoms with van der Waals surface area (Å²) in [6.07, 6.45) is 0. The summed E-state index contributed by atoms with van der Waals surface area (Å²) < 4.78 is 10.7. The molecule has 0 aliphatic carbocycles. The van der Waals surface area contributed by atoms with Gasteiger partial charge in [-0.1, -0.05) is 0 Å². The van der Waals surface area contributed by atoms with Crippen LogP contribution in [0.5, 0.6) is 11.5 Å². The number of benzene rings is 1. The van der Waals surface area contributed by atoms with Crippen LogP contribution in [0, 0.1) is 6.92 Å². The first kappa shape index (κ1) is 16.1. The molecule has 0 radical (unpaired) electrons. The molecule has 0 saturated heterocycles. The predicted molar refractivity (Wildman–Crippen MR) is 79.4 cm³/mol. The Morgan fingerprint density at radius 1 is 1.20 bits per heavy atom. The van der Waals surface area contributed by atoms with E-state index in [9.17, 15) is 4.79 Å². The van der Waals surface area contributed by atoms with E-state index in [0.29, 0.717) is 6.54 Å². The van der Waals surface area contributed by atoms with Crippen molar-refractivity contribution in [2.24, 2.45) is 0 Å².